The molecule has 0 aromatic heterocycles. The third kappa shape index (κ3) is 9.29. The number of unbranched alkanes of at least 4 members (excludes halogenated alkanes) is 1. The molecule has 0 radical (unpaired) electrons. The number of hydrogen-bond donors (Lipinski definition) is 3. The van der Waals surface area contributed by atoms with Gasteiger partial charge in [0.05, 0.1) is 0 Å². The lowest BCUT2D eigenvalue weighted by molar-refractivity contribution is -0.122. The summed E-state index contributed by atoms with van der Waals surface area (Å²) in [4.78, 5) is 11.7. The normalized spacial score (nSPS) is 12.9. The molecule has 0 aliphatic rings. The van der Waals surface area contributed by atoms with Gasteiger partial charge in [0.25, 0.3) is 0 Å². The Hall–Kier alpha value is -1.03. The molecule has 25 heavy (non-hydrogen) atoms. The lowest BCUT2D eigenvalue weighted by Crippen LogP contribution is -2.55. The van der Waals surface area contributed by atoms with Crippen LogP contribution in [0, 0.1) is 11.5 Å². The van der Waals surface area contributed by atoms with Crippen molar-refractivity contribution in [3.8, 4) is 11.5 Å². The fourth-order valence-corrected chi connectivity index (χ4v) is 2.73. The number of nitrogens with two attached hydrogens (primary N) is 2. The number of hydrogen-bond acceptors (Lipinski definition) is 3. The molecule has 0 saturated heterocycles. The molecule has 1 atom stereocenters. The minimum atomic E-state index is -1.76. The zero-order chi connectivity index (χ0) is 19.1. The summed E-state index contributed by atoms with van der Waals surface area (Å²) in [6.45, 7) is 7.19. The van der Waals surface area contributed by atoms with Crippen molar-refractivity contribution in [2.75, 3.05) is 6.54 Å². The molecule has 1 amide bonds. The number of alkyl halides is 2. The molecule has 1 aromatic rings. The Morgan fingerprint density at radius 3 is 2.60 bits per heavy atom. The van der Waals surface area contributed by atoms with Crippen molar-refractivity contribution >= 4 is 37.2 Å². The molecule has 138 valence electrons. The van der Waals surface area contributed by atoms with E-state index in [0.29, 0.717) is 6.54 Å². The first-order valence-corrected chi connectivity index (χ1v) is 12.6. The van der Waals surface area contributed by atoms with Crippen molar-refractivity contribution in [2.24, 2.45) is 11.5 Å². The van der Waals surface area contributed by atoms with Crippen LogP contribution in [0.2, 0.25) is 19.6 Å². The summed E-state index contributed by atoms with van der Waals surface area (Å²) in [7, 11) is -1.37. The third-order valence-corrected chi connectivity index (χ3v) is 4.74. The Labute approximate surface area is 161 Å². The van der Waals surface area contributed by atoms with Crippen LogP contribution in [0.1, 0.15) is 24.0 Å². The number of carbonyl (C=O) groups excluding carboxylic acids is 1. The first-order valence-electron chi connectivity index (χ1n) is 8.31. The molecule has 0 saturated carbocycles. The Morgan fingerprint density at radius 2 is 2.00 bits per heavy atom. The molecule has 7 heteroatoms. The van der Waals surface area contributed by atoms with Gasteiger partial charge in [-0.2, -0.15) is 0 Å². The average molecular weight is 400 g/mol. The van der Waals surface area contributed by atoms with Crippen LogP contribution < -0.4 is 16.8 Å². The van der Waals surface area contributed by atoms with Gasteiger partial charge in [0.1, 0.15) is 14.1 Å². The Bertz CT molecular complexity index is 642. The molecular formula is C18H27Cl2N3OSi. The van der Waals surface area contributed by atoms with Crippen molar-refractivity contribution in [3.05, 3.63) is 35.4 Å². The van der Waals surface area contributed by atoms with Gasteiger partial charge >= 0.3 is 0 Å². The van der Waals surface area contributed by atoms with Gasteiger partial charge in [-0.25, -0.2) is 0 Å². The second-order valence-electron chi connectivity index (χ2n) is 7.10. The average Bonchev–Trinajstić information content (AvgIpc) is 2.50. The lowest BCUT2D eigenvalue weighted by Gasteiger charge is -2.21. The molecule has 0 spiro atoms. The van der Waals surface area contributed by atoms with Gasteiger partial charge in [-0.1, -0.05) is 60.9 Å². The van der Waals surface area contributed by atoms with E-state index in [4.69, 9.17) is 34.7 Å². The maximum absolute atomic E-state index is 11.7. The highest BCUT2D eigenvalue weighted by atomic mass is 35.5. The number of aryl methyl sites for hydroxylation is 1. The molecule has 1 rings (SSSR count). The van der Waals surface area contributed by atoms with E-state index >= 15 is 0 Å². The summed E-state index contributed by atoms with van der Waals surface area (Å²) in [6, 6.07) is 7.14. The predicted molar refractivity (Wildman–Crippen MR) is 109 cm³/mol. The van der Waals surface area contributed by atoms with Crippen LogP contribution >= 0.6 is 23.2 Å². The summed E-state index contributed by atoms with van der Waals surface area (Å²) in [5.74, 6) is 2.82. The smallest absolute Gasteiger partial charge is 0.241 e. The second kappa shape index (κ2) is 9.61. The highest BCUT2D eigenvalue weighted by molar-refractivity contribution is 6.83. The van der Waals surface area contributed by atoms with E-state index in [1.807, 2.05) is 12.1 Å². The van der Waals surface area contributed by atoms with E-state index in [9.17, 15) is 4.79 Å². The maximum atomic E-state index is 11.7. The van der Waals surface area contributed by atoms with Crippen LogP contribution in [0.3, 0.4) is 0 Å². The number of halogens is 2. The minimum absolute atomic E-state index is 0.448. The second-order valence-corrected chi connectivity index (χ2v) is 13.3. The number of rotatable bonds is 7. The van der Waals surface area contributed by atoms with Crippen molar-refractivity contribution in [3.63, 3.8) is 0 Å². The summed E-state index contributed by atoms with van der Waals surface area (Å²) in [5, 5.41) is 2.69. The van der Waals surface area contributed by atoms with Crippen LogP contribution in [0.4, 0.5) is 0 Å². The molecule has 0 heterocycles. The fraction of sp³-hybridized carbons (Fsp3) is 0.500. The molecule has 1 aromatic carbocycles. The van der Waals surface area contributed by atoms with E-state index < -0.39 is 24.5 Å². The first kappa shape index (κ1) is 22.0. The molecule has 0 aliphatic carbocycles. The summed E-state index contributed by atoms with van der Waals surface area (Å²) >= 11 is 11.2. The van der Waals surface area contributed by atoms with Crippen LogP contribution in [-0.2, 0) is 11.2 Å². The number of amides is 1. The van der Waals surface area contributed by atoms with Gasteiger partial charge in [-0.15, -0.1) is 5.54 Å². The quantitative estimate of drug-likeness (QED) is 0.216. The maximum Gasteiger partial charge on any atom is 0.241 e. The lowest BCUT2D eigenvalue weighted by atomic mass is 10.1. The Balaban J connectivity index is 2.40. The van der Waals surface area contributed by atoms with Gasteiger partial charge in [0.15, 0.2) is 4.46 Å². The predicted octanol–water partition coefficient (Wildman–Crippen LogP) is 2.77. The zero-order valence-corrected chi connectivity index (χ0v) is 17.5. The van der Waals surface area contributed by atoms with Gasteiger partial charge in [0.2, 0.25) is 5.91 Å². The topological polar surface area (TPSA) is 81.1 Å². The van der Waals surface area contributed by atoms with Gasteiger partial charge < -0.3 is 11.1 Å². The monoisotopic (exact) mass is 399 g/mol. The van der Waals surface area contributed by atoms with E-state index in [1.165, 1.54) is 5.56 Å². The summed E-state index contributed by atoms with van der Waals surface area (Å²) < 4.78 is -1.76. The van der Waals surface area contributed by atoms with Crippen LogP contribution in [0.25, 0.3) is 0 Å². The highest BCUT2D eigenvalue weighted by Crippen LogP contribution is 2.16. The van der Waals surface area contributed by atoms with E-state index in [-0.39, 0.29) is 0 Å². The molecular weight excluding hydrogens is 373 g/mol. The van der Waals surface area contributed by atoms with E-state index in [0.717, 1.165) is 24.8 Å². The molecule has 0 aliphatic heterocycles. The largest absolute Gasteiger partial charge is 0.355 e. The van der Waals surface area contributed by atoms with E-state index in [2.05, 4.69) is 48.6 Å². The van der Waals surface area contributed by atoms with Crippen LogP contribution in [-0.4, -0.2) is 31.0 Å². The first-order chi connectivity index (χ1) is 11.5. The molecule has 4 nitrogen and oxygen atoms in total. The number of benzene rings is 1. The van der Waals surface area contributed by atoms with Crippen molar-refractivity contribution < 1.29 is 4.79 Å². The van der Waals surface area contributed by atoms with Crippen LogP contribution in [0.5, 0.6) is 0 Å². The van der Waals surface area contributed by atoms with Crippen molar-refractivity contribution in [1.29, 1.82) is 0 Å². The van der Waals surface area contributed by atoms with Gasteiger partial charge in [-0.3, -0.25) is 10.5 Å². The van der Waals surface area contributed by atoms with Gasteiger partial charge in [0, 0.05) is 12.1 Å². The molecule has 5 N–H and O–H groups in total. The molecule has 1 unspecified atom stereocenters. The zero-order valence-electron chi connectivity index (χ0n) is 15.0. The fourth-order valence-electron chi connectivity index (χ4n) is 2.01. The highest BCUT2D eigenvalue weighted by Gasteiger charge is 2.32. The summed E-state index contributed by atoms with van der Waals surface area (Å²) in [6.07, 6.45) is 2.69. The minimum Gasteiger partial charge on any atom is -0.355 e. The van der Waals surface area contributed by atoms with Crippen molar-refractivity contribution in [1.82, 2.24) is 5.32 Å². The number of nitrogens with one attached hydrogen (secondary N) is 1. The molecule has 0 bridgehead atoms. The standard InChI is InChI=1S/C18H27Cl2N3OSi/c1-25(2,3)12-10-15-9-6-8-14(13-15)7-4-5-11-23-17(24)16(21)18(19,20)22/h6,8-9,13,16H,4-5,7,11,21-22H2,1-3H3,(H,23,24). The number of carbonyl (C=O) groups is 1. The SMILES string of the molecule is C[Si](C)(C)C#Cc1cccc(CCCCNC(=O)C(N)C(N)(Cl)Cl)c1. The third-order valence-electron chi connectivity index (χ3n) is 3.40. The molecule has 0 fully saturated rings. The van der Waals surface area contributed by atoms with Crippen molar-refractivity contribution in [2.45, 2.75) is 49.4 Å². The van der Waals surface area contributed by atoms with Crippen LogP contribution in [0.15, 0.2) is 24.3 Å². The van der Waals surface area contributed by atoms with E-state index in [1.54, 1.807) is 0 Å². The van der Waals surface area contributed by atoms with Gasteiger partial charge in [-0.05, 0) is 37.0 Å². The summed E-state index contributed by atoms with van der Waals surface area (Å²) in [5.41, 5.74) is 16.6. The Morgan fingerprint density at radius 1 is 1.32 bits per heavy atom. The Kier molecular flexibility index (Phi) is 8.46.